The Morgan fingerprint density at radius 2 is 2.10 bits per heavy atom. The number of nitrogens with two attached hydrogens (primary N) is 1. The molecular formula is C14H12ClFN2O2. The molecule has 2 rings (SSSR count). The van der Waals surface area contributed by atoms with Gasteiger partial charge in [0.15, 0.2) is 11.6 Å². The molecule has 0 heterocycles. The lowest BCUT2D eigenvalue weighted by Crippen LogP contribution is -2.11. The molecule has 104 valence electrons. The van der Waals surface area contributed by atoms with Crippen molar-refractivity contribution in [2.24, 2.45) is 5.73 Å². The number of benzene rings is 2. The third kappa shape index (κ3) is 3.00. The molecular weight excluding hydrogens is 283 g/mol. The zero-order valence-corrected chi connectivity index (χ0v) is 11.1. The largest absolute Gasteiger partial charge is 0.505 e. The second kappa shape index (κ2) is 5.79. The van der Waals surface area contributed by atoms with Crippen molar-refractivity contribution in [3.05, 3.63) is 58.4 Å². The van der Waals surface area contributed by atoms with E-state index in [0.29, 0.717) is 21.8 Å². The van der Waals surface area contributed by atoms with Crippen molar-refractivity contribution in [2.75, 3.05) is 5.32 Å². The molecule has 0 aliphatic carbocycles. The van der Waals surface area contributed by atoms with Gasteiger partial charge in [-0.15, -0.1) is 0 Å². The molecule has 0 fully saturated rings. The van der Waals surface area contributed by atoms with Gasteiger partial charge in [0, 0.05) is 17.7 Å². The van der Waals surface area contributed by atoms with Crippen LogP contribution in [0.25, 0.3) is 0 Å². The number of aromatic hydroxyl groups is 1. The lowest BCUT2D eigenvalue weighted by molar-refractivity contribution is 0.100. The minimum atomic E-state index is -0.693. The first-order valence-corrected chi connectivity index (χ1v) is 6.16. The Bertz CT molecular complexity index is 662. The number of hydrogen-bond donors (Lipinski definition) is 3. The topological polar surface area (TPSA) is 75.4 Å². The van der Waals surface area contributed by atoms with E-state index in [4.69, 9.17) is 17.3 Å². The van der Waals surface area contributed by atoms with Gasteiger partial charge >= 0.3 is 0 Å². The maximum atomic E-state index is 13.2. The third-order valence-corrected chi connectivity index (χ3v) is 3.12. The van der Waals surface area contributed by atoms with Gasteiger partial charge in [-0.2, -0.15) is 0 Å². The van der Waals surface area contributed by atoms with Crippen molar-refractivity contribution in [1.29, 1.82) is 0 Å². The smallest absolute Gasteiger partial charge is 0.248 e. The van der Waals surface area contributed by atoms with Gasteiger partial charge in [-0.1, -0.05) is 23.7 Å². The summed E-state index contributed by atoms with van der Waals surface area (Å²) < 4.78 is 13.2. The van der Waals surface area contributed by atoms with E-state index in [-0.39, 0.29) is 6.54 Å². The zero-order chi connectivity index (χ0) is 14.7. The molecule has 4 nitrogen and oxygen atoms in total. The molecule has 0 aliphatic rings. The van der Waals surface area contributed by atoms with Crippen molar-refractivity contribution in [3.63, 3.8) is 0 Å². The number of rotatable bonds is 4. The van der Waals surface area contributed by atoms with Crippen molar-refractivity contribution < 1.29 is 14.3 Å². The number of carbonyl (C=O) groups excluding carboxylic acids is 1. The molecule has 1 amide bonds. The number of hydrogen-bond acceptors (Lipinski definition) is 3. The van der Waals surface area contributed by atoms with Crippen LogP contribution in [0.1, 0.15) is 15.9 Å². The minimum absolute atomic E-state index is 0.158. The molecule has 20 heavy (non-hydrogen) atoms. The van der Waals surface area contributed by atoms with E-state index in [9.17, 15) is 14.3 Å². The van der Waals surface area contributed by atoms with Gasteiger partial charge in [-0.25, -0.2) is 4.39 Å². The van der Waals surface area contributed by atoms with Crippen LogP contribution >= 0.6 is 11.6 Å². The summed E-state index contributed by atoms with van der Waals surface area (Å²) in [5.74, 6) is -1.68. The number of primary amides is 1. The highest BCUT2D eigenvalue weighted by Crippen LogP contribution is 2.26. The fourth-order valence-corrected chi connectivity index (χ4v) is 1.89. The molecule has 0 saturated carbocycles. The maximum absolute atomic E-state index is 13.2. The van der Waals surface area contributed by atoms with Crippen LogP contribution in [0, 0.1) is 5.82 Å². The fourth-order valence-electron chi connectivity index (χ4n) is 1.71. The standard InChI is InChI=1S/C14H12ClFN2O2/c15-10-5-4-8(14(17)20)6-12(10)18-7-9-2-1-3-11(16)13(9)19/h1-6,18-19H,7H2,(H2,17,20). The molecule has 0 spiro atoms. The van der Waals surface area contributed by atoms with E-state index >= 15 is 0 Å². The van der Waals surface area contributed by atoms with Gasteiger partial charge < -0.3 is 16.2 Å². The number of amides is 1. The molecule has 2 aromatic rings. The second-order valence-corrected chi connectivity index (χ2v) is 4.57. The van der Waals surface area contributed by atoms with E-state index in [1.165, 1.54) is 30.3 Å². The highest BCUT2D eigenvalue weighted by atomic mass is 35.5. The fraction of sp³-hybridized carbons (Fsp3) is 0.0714. The number of phenols is 1. The van der Waals surface area contributed by atoms with Crippen LogP contribution in [0.5, 0.6) is 5.75 Å². The van der Waals surface area contributed by atoms with Crippen molar-refractivity contribution in [2.45, 2.75) is 6.54 Å². The number of halogens is 2. The van der Waals surface area contributed by atoms with E-state index in [0.717, 1.165) is 0 Å². The highest BCUT2D eigenvalue weighted by Gasteiger charge is 2.09. The average Bonchev–Trinajstić information content (AvgIpc) is 2.41. The van der Waals surface area contributed by atoms with Gasteiger partial charge in [0.25, 0.3) is 0 Å². The first-order valence-electron chi connectivity index (χ1n) is 5.78. The minimum Gasteiger partial charge on any atom is -0.505 e. The summed E-state index contributed by atoms with van der Waals surface area (Å²) in [6.45, 7) is 0.158. The summed E-state index contributed by atoms with van der Waals surface area (Å²) >= 11 is 5.99. The monoisotopic (exact) mass is 294 g/mol. The van der Waals surface area contributed by atoms with Crippen molar-refractivity contribution in [3.8, 4) is 5.75 Å². The van der Waals surface area contributed by atoms with Crippen LogP contribution in [-0.4, -0.2) is 11.0 Å². The van der Waals surface area contributed by atoms with Crippen LogP contribution in [0.3, 0.4) is 0 Å². The lowest BCUT2D eigenvalue weighted by Gasteiger charge is -2.11. The zero-order valence-electron chi connectivity index (χ0n) is 10.4. The van der Waals surface area contributed by atoms with Crippen LogP contribution in [0.15, 0.2) is 36.4 Å². The number of para-hydroxylation sites is 1. The normalized spacial score (nSPS) is 10.3. The van der Waals surface area contributed by atoms with Crippen LogP contribution in [-0.2, 0) is 6.54 Å². The van der Waals surface area contributed by atoms with E-state index in [2.05, 4.69) is 5.32 Å². The second-order valence-electron chi connectivity index (χ2n) is 4.16. The molecule has 4 N–H and O–H groups in total. The summed E-state index contributed by atoms with van der Waals surface area (Å²) in [5, 5.41) is 12.9. The number of phenolic OH excluding ortho intramolecular Hbond substituents is 1. The molecule has 0 saturated heterocycles. The van der Waals surface area contributed by atoms with Crippen LogP contribution in [0.2, 0.25) is 5.02 Å². The van der Waals surface area contributed by atoms with E-state index < -0.39 is 17.5 Å². The average molecular weight is 295 g/mol. The lowest BCUT2D eigenvalue weighted by atomic mass is 10.1. The number of nitrogens with one attached hydrogen (secondary N) is 1. The molecule has 0 aromatic heterocycles. The summed E-state index contributed by atoms with van der Waals surface area (Å²) in [6, 6.07) is 8.79. The Labute approximate surface area is 120 Å². The van der Waals surface area contributed by atoms with E-state index in [1.54, 1.807) is 6.07 Å². The van der Waals surface area contributed by atoms with Crippen LogP contribution < -0.4 is 11.1 Å². The summed E-state index contributed by atoms with van der Waals surface area (Å²) in [5.41, 5.74) is 6.35. The first kappa shape index (κ1) is 14.1. The highest BCUT2D eigenvalue weighted by molar-refractivity contribution is 6.33. The summed E-state index contributed by atoms with van der Waals surface area (Å²) in [6.07, 6.45) is 0. The molecule has 2 aromatic carbocycles. The van der Waals surface area contributed by atoms with E-state index in [1.807, 2.05) is 0 Å². The van der Waals surface area contributed by atoms with Crippen molar-refractivity contribution >= 4 is 23.2 Å². The Morgan fingerprint density at radius 1 is 1.35 bits per heavy atom. The van der Waals surface area contributed by atoms with Crippen molar-refractivity contribution in [1.82, 2.24) is 0 Å². The third-order valence-electron chi connectivity index (χ3n) is 2.79. The predicted octanol–water partition coefficient (Wildman–Crippen LogP) is 2.90. The number of anilines is 1. The van der Waals surface area contributed by atoms with Gasteiger partial charge in [-0.3, -0.25) is 4.79 Å². The Balaban J connectivity index is 2.20. The predicted molar refractivity (Wildman–Crippen MR) is 75.4 cm³/mol. The summed E-state index contributed by atoms with van der Waals surface area (Å²) in [4.78, 5) is 11.1. The van der Waals surface area contributed by atoms with Crippen LogP contribution in [0.4, 0.5) is 10.1 Å². The Kier molecular flexibility index (Phi) is 4.10. The molecule has 0 bridgehead atoms. The van der Waals surface area contributed by atoms with Gasteiger partial charge in [0.2, 0.25) is 5.91 Å². The van der Waals surface area contributed by atoms with Gasteiger partial charge in [0.05, 0.1) is 10.7 Å². The Morgan fingerprint density at radius 3 is 2.80 bits per heavy atom. The molecule has 0 atom stereocenters. The molecule has 0 aliphatic heterocycles. The van der Waals surface area contributed by atoms with Gasteiger partial charge in [-0.05, 0) is 24.3 Å². The Hall–Kier alpha value is -2.27. The first-order chi connectivity index (χ1) is 9.49. The maximum Gasteiger partial charge on any atom is 0.248 e. The molecule has 6 heteroatoms. The van der Waals surface area contributed by atoms with Gasteiger partial charge in [0.1, 0.15) is 0 Å². The molecule has 0 radical (unpaired) electrons. The quantitative estimate of drug-likeness (QED) is 0.811. The SMILES string of the molecule is NC(=O)c1ccc(Cl)c(NCc2cccc(F)c2O)c1. The number of carbonyl (C=O) groups is 1. The molecule has 0 unspecified atom stereocenters. The summed E-state index contributed by atoms with van der Waals surface area (Å²) in [7, 11) is 0.